The maximum atomic E-state index is 9.62. The van der Waals surface area contributed by atoms with Gasteiger partial charge in [-0.2, -0.15) is 0 Å². The third-order valence-electron chi connectivity index (χ3n) is 4.81. The zero-order valence-electron chi connectivity index (χ0n) is 15.3. The molecule has 0 saturated heterocycles. The second-order valence-electron chi connectivity index (χ2n) is 6.48. The molecule has 1 heterocycles. The van der Waals surface area contributed by atoms with E-state index < -0.39 is 18.4 Å². The molecule has 1 rings (SSSR count). The Morgan fingerprint density at radius 3 is 1.96 bits per heavy atom. The zero-order valence-corrected chi connectivity index (χ0v) is 18.2. The third kappa shape index (κ3) is 5.67. The molecular weight excluding hydrogens is 391 g/mol. The summed E-state index contributed by atoms with van der Waals surface area (Å²) in [5, 5.41) is 9.62. The Balaban J connectivity index is 3.35. The Labute approximate surface area is 146 Å². The minimum absolute atomic E-state index is 0.671. The molecule has 1 aromatic heterocycles. The van der Waals surface area contributed by atoms with E-state index in [1.165, 1.54) is 55.4 Å². The first-order valence-electron chi connectivity index (χ1n) is 9.12. The van der Waals surface area contributed by atoms with Crippen LogP contribution in [0.2, 0.25) is 13.3 Å². The van der Waals surface area contributed by atoms with Gasteiger partial charge in [0.05, 0.1) is 0 Å². The van der Waals surface area contributed by atoms with Crippen LogP contribution in [-0.4, -0.2) is 30.5 Å². The fourth-order valence-electron chi connectivity index (χ4n) is 3.40. The van der Waals surface area contributed by atoms with Crippen molar-refractivity contribution < 1.29 is 4.74 Å². The molecule has 4 heteroatoms. The summed E-state index contributed by atoms with van der Waals surface area (Å²) < 4.78 is 10.8. The fraction of sp³-hybridized carbons (Fsp3) is 0.684. The molecule has 1 aromatic rings. The molecule has 0 radical (unpaired) electrons. The first kappa shape index (κ1) is 20.3. The van der Waals surface area contributed by atoms with Crippen LogP contribution in [0.15, 0.2) is 12.3 Å². The van der Waals surface area contributed by atoms with Crippen molar-refractivity contribution >= 4 is 22.0 Å². The van der Waals surface area contributed by atoms with Gasteiger partial charge >= 0.3 is 146 Å². The Morgan fingerprint density at radius 1 is 1.04 bits per heavy atom. The average Bonchev–Trinajstić information content (AvgIpc) is 2.61. The van der Waals surface area contributed by atoms with Crippen molar-refractivity contribution in [3.8, 4) is 11.9 Å². The zero-order chi connectivity index (χ0) is 17.1. The second kappa shape index (κ2) is 10.9. The van der Waals surface area contributed by atoms with E-state index in [0.717, 1.165) is 5.56 Å². The molecule has 0 aliphatic rings. The molecule has 0 aromatic carbocycles. The summed E-state index contributed by atoms with van der Waals surface area (Å²) in [6.07, 6.45) is 9.32. The molecule has 0 bridgehead atoms. The first-order chi connectivity index (χ1) is 11.2. The topological polar surface area (TPSA) is 45.9 Å². The van der Waals surface area contributed by atoms with Crippen LogP contribution in [-0.2, 0) is 0 Å². The van der Waals surface area contributed by atoms with Crippen LogP contribution in [0.3, 0.4) is 0 Å². The Bertz CT molecular complexity index is 489. The van der Waals surface area contributed by atoms with Gasteiger partial charge in [-0.3, -0.25) is 0 Å². The van der Waals surface area contributed by atoms with Gasteiger partial charge in [0.1, 0.15) is 0 Å². The SMILES string of the molecule is CCC[CH2][Sn]([CH2]CCC)([CH2]CCC)[c]1cc(OC)ncc1C#N. The standard InChI is InChI=1S/C7H5N2O.3C4H9.Sn/c1-10-7-3-2-6(4-8)5-9-7;3*1-3-4-2;/h3,5H,1H3;3*1,3-4H2,2H3;. The number of hydrogen-bond acceptors (Lipinski definition) is 3. The number of methoxy groups -OCH3 is 1. The van der Waals surface area contributed by atoms with E-state index >= 15 is 0 Å². The average molecular weight is 423 g/mol. The molecular formula is C19H32N2OSn. The number of unbranched alkanes of at least 4 members (excludes halogenated alkanes) is 3. The van der Waals surface area contributed by atoms with E-state index in [9.17, 15) is 5.26 Å². The second-order valence-corrected chi connectivity index (χ2v) is 19.6. The van der Waals surface area contributed by atoms with Gasteiger partial charge in [-0.1, -0.05) is 0 Å². The van der Waals surface area contributed by atoms with Crippen molar-refractivity contribution in [3.05, 3.63) is 17.8 Å². The predicted octanol–water partition coefficient (Wildman–Crippen LogP) is 5.02. The van der Waals surface area contributed by atoms with E-state index in [4.69, 9.17) is 4.74 Å². The number of hydrogen-bond donors (Lipinski definition) is 0. The Kier molecular flexibility index (Phi) is 9.62. The van der Waals surface area contributed by atoms with Gasteiger partial charge in [0.15, 0.2) is 0 Å². The molecule has 0 aliphatic heterocycles. The summed E-state index contributed by atoms with van der Waals surface area (Å²) in [6.45, 7) is 6.82. The van der Waals surface area contributed by atoms with Gasteiger partial charge in [0, 0.05) is 0 Å². The van der Waals surface area contributed by atoms with E-state index in [0.29, 0.717) is 5.88 Å². The van der Waals surface area contributed by atoms with Crippen molar-refractivity contribution in [2.24, 2.45) is 0 Å². The summed E-state index contributed by atoms with van der Waals surface area (Å²) in [5.74, 6) is 0.671. The van der Waals surface area contributed by atoms with Crippen molar-refractivity contribution in [2.75, 3.05) is 7.11 Å². The van der Waals surface area contributed by atoms with E-state index in [1.807, 2.05) is 0 Å². The van der Waals surface area contributed by atoms with Crippen LogP contribution >= 0.6 is 0 Å². The molecule has 0 amide bonds. The van der Waals surface area contributed by atoms with Crippen molar-refractivity contribution in [1.29, 1.82) is 5.26 Å². The number of aromatic nitrogens is 1. The maximum absolute atomic E-state index is 9.62. The normalized spacial score (nSPS) is 11.3. The summed E-state index contributed by atoms with van der Waals surface area (Å²) in [5.41, 5.74) is 0.810. The quantitative estimate of drug-likeness (QED) is 0.470. The molecule has 0 saturated carbocycles. The molecule has 0 atom stereocenters. The van der Waals surface area contributed by atoms with Gasteiger partial charge in [-0.25, -0.2) is 0 Å². The van der Waals surface area contributed by atoms with Crippen molar-refractivity contribution in [2.45, 2.75) is 72.6 Å². The van der Waals surface area contributed by atoms with Crippen LogP contribution in [0.5, 0.6) is 5.88 Å². The molecule has 0 spiro atoms. The van der Waals surface area contributed by atoms with E-state index in [2.05, 4.69) is 37.9 Å². The number of ether oxygens (including phenoxy) is 1. The summed E-state index contributed by atoms with van der Waals surface area (Å²) in [6, 6.07) is 4.52. The predicted molar refractivity (Wildman–Crippen MR) is 100 cm³/mol. The molecule has 0 aliphatic carbocycles. The summed E-state index contributed by atoms with van der Waals surface area (Å²) in [7, 11) is 1.67. The minimum atomic E-state index is -2.60. The van der Waals surface area contributed by atoms with Crippen LogP contribution in [0.25, 0.3) is 0 Å². The number of nitriles is 1. The monoisotopic (exact) mass is 424 g/mol. The molecule has 0 N–H and O–H groups in total. The van der Waals surface area contributed by atoms with Gasteiger partial charge < -0.3 is 0 Å². The van der Waals surface area contributed by atoms with E-state index in [-0.39, 0.29) is 0 Å². The van der Waals surface area contributed by atoms with Gasteiger partial charge in [-0.15, -0.1) is 0 Å². The molecule has 0 fully saturated rings. The summed E-state index contributed by atoms with van der Waals surface area (Å²) in [4.78, 5) is 4.27. The molecule has 23 heavy (non-hydrogen) atoms. The van der Waals surface area contributed by atoms with Crippen molar-refractivity contribution in [1.82, 2.24) is 4.98 Å². The van der Waals surface area contributed by atoms with Crippen LogP contribution in [0.1, 0.15) is 64.9 Å². The Morgan fingerprint density at radius 2 is 1.57 bits per heavy atom. The first-order valence-corrected chi connectivity index (χ1v) is 16.6. The Hall–Kier alpha value is -0.761. The van der Waals surface area contributed by atoms with Gasteiger partial charge in [0.2, 0.25) is 0 Å². The van der Waals surface area contributed by atoms with Gasteiger partial charge in [-0.05, 0) is 0 Å². The summed E-state index contributed by atoms with van der Waals surface area (Å²) >= 11 is -2.60. The molecule has 3 nitrogen and oxygen atoms in total. The van der Waals surface area contributed by atoms with Crippen LogP contribution < -0.4 is 8.32 Å². The fourth-order valence-corrected chi connectivity index (χ4v) is 19.9. The van der Waals surface area contributed by atoms with Crippen LogP contribution in [0, 0.1) is 11.3 Å². The number of pyridine rings is 1. The third-order valence-corrected chi connectivity index (χ3v) is 20.5. The molecule has 0 unspecified atom stereocenters. The van der Waals surface area contributed by atoms with E-state index in [1.54, 1.807) is 13.3 Å². The molecule has 128 valence electrons. The van der Waals surface area contributed by atoms with Crippen LogP contribution in [0.4, 0.5) is 0 Å². The van der Waals surface area contributed by atoms with Gasteiger partial charge in [0.25, 0.3) is 0 Å². The number of nitrogens with zero attached hydrogens (tertiary/aromatic N) is 2. The van der Waals surface area contributed by atoms with Crippen molar-refractivity contribution in [3.63, 3.8) is 0 Å². The number of rotatable bonds is 11.